The average Bonchev–Trinajstić information content (AvgIpc) is 2.91. The molecule has 0 aliphatic rings. The lowest BCUT2D eigenvalue weighted by molar-refractivity contribution is 0.975. The molecule has 0 saturated carbocycles. The van der Waals surface area contributed by atoms with Gasteiger partial charge in [-0.1, -0.05) is 36.4 Å². The first-order valence-corrected chi connectivity index (χ1v) is 7.83. The lowest BCUT2D eigenvalue weighted by atomic mass is 10.1. The van der Waals surface area contributed by atoms with E-state index in [4.69, 9.17) is 5.73 Å². The van der Waals surface area contributed by atoms with Gasteiger partial charge in [-0.05, 0) is 36.2 Å². The van der Waals surface area contributed by atoms with Gasteiger partial charge in [0.1, 0.15) is 0 Å². The summed E-state index contributed by atoms with van der Waals surface area (Å²) in [4.78, 5) is 4.67. The average molecular weight is 282 g/mol. The smallest absolute Gasteiger partial charge is 0.0468 e. The molecular weight excluding hydrogens is 264 g/mol. The molecule has 0 bridgehead atoms. The number of aromatic nitrogens is 1. The lowest BCUT2D eigenvalue weighted by Crippen LogP contribution is -2.02. The summed E-state index contributed by atoms with van der Waals surface area (Å²) in [5.74, 6) is 0.993. The molecule has 0 radical (unpaired) electrons. The van der Waals surface area contributed by atoms with Crippen molar-refractivity contribution in [3.8, 4) is 0 Å². The van der Waals surface area contributed by atoms with E-state index in [1.165, 1.54) is 26.9 Å². The van der Waals surface area contributed by atoms with Crippen LogP contribution >= 0.6 is 11.8 Å². The topological polar surface area (TPSA) is 41.8 Å². The zero-order chi connectivity index (χ0) is 13.8. The van der Waals surface area contributed by atoms with E-state index in [1.807, 2.05) is 11.8 Å². The van der Waals surface area contributed by atoms with Crippen LogP contribution in [0.3, 0.4) is 0 Å². The number of rotatable bonds is 5. The summed E-state index contributed by atoms with van der Waals surface area (Å²) in [5, 5.41) is 1.33. The Labute approximate surface area is 123 Å². The molecule has 3 N–H and O–H groups in total. The Kier molecular flexibility index (Phi) is 4.09. The minimum absolute atomic E-state index is 0.685. The maximum atomic E-state index is 5.71. The number of fused-ring (bicyclic) bond motifs is 1. The van der Waals surface area contributed by atoms with Crippen LogP contribution in [0.1, 0.15) is 11.1 Å². The minimum atomic E-state index is 0.685. The molecule has 0 saturated heterocycles. The summed E-state index contributed by atoms with van der Waals surface area (Å²) < 4.78 is 0. The van der Waals surface area contributed by atoms with Crippen LogP contribution in [0, 0.1) is 0 Å². The third kappa shape index (κ3) is 2.74. The molecule has 1 heterocycles. The van der Waals surface area contributed by atoms with E-state index >= 15 is 0 Å². The van der Waals surface area contributed by atoms with Gasteiger partial charge in [-0.3, -0.25) is 0 Å². The van der Waals surface area contributed by atoms with Crippen molar-refractivity contribution in [2.45, 2.75) is 17.1 Å². The number of thioether (sulfide) groups is 1. The predicted molar refractivity (Wildman–Crippen MR) is 87.1 cm³/mol. The minimum Gasteiger partial charge on any atom is -0.361 e. The van der Waals surface area contributed by atoms with Crippen molar-refractivity contribution >= 4 is 22.7 Å². The molecule has 1 aromatic heterocycles. The monoisotopic (exact) mass is 282 g/mol. The zero-order valence-electron chi connectivity index (χ0n) is 11.3. The number of hydrogen-bond donors (Lipinski definition) is 2. The van der Waals surface area contributed by atoms with Gasteiger partial charge in [0, 0.05) is 27.7 Å². The quantitative estimate of drug-likeness (QED) is 0.695. The fraction of sp³-hybridized carbons (Fsp3) is 0.176. The molecule has 2 nitrogen and oxygen atoms in total. The second-order valence-corrected chi connectivity index (χ2v) is 5.82. The third-order valence-corrected chi connectivity index (χ3v) is 4.53. The van der Waals surface area contributed by atoms with Gasteiger partial charge < -0.3 is 10.7 Å². The Morgan fingerprint density at radius 2 is 1.85 bits per heavy atom. The largest absolute Gasteiger partial charge is 0.361 e. The van der Waals surface area contributed by atoms with Crippen molar-refractivity contribution in [2.24, 2.45) is 5.73 Å². The van der Waals surface area contributed by atoms with Crippen molar-refractivity contribution < 1.29 is 0 Å². The van der Waals surface area contributed by atoms with Crippen molar-refractivity contribution in [3.63, 3.8) is 0 Å². The Morgan fingerprint density at radius 1 is 1.00 bits per heavy atom. The molecule has 2 aromatic carbocycles. The maximum absolute atomic E-state index is 5.71. The summed E-state index contributed by atoms with van der Waals surface area (Å²) in [6.45, 7) is 0.685. The Balaban J connectivity index is 1.89. The van der Waals surface area contributed by atoms with Gasteiger partial charge in [0.15, 0.2) is 0 Å². The number of nitrogens with two attached hydrogens (primary N) is 1. The highest BCUT2D eigenvalue weighted by molar-refractivity contribution is 7.98. The molecule has 102 valence electrons. The Morgan fingerprint density at radius 3 is 2.65 bits per heavy atom. The van der Waals surface area contributed by atoms with Gasteiger partial charge in [0.2, 0.25) is 0 Å². The first kappa shape index (κ1) is 13.3. The Bertz CT molecular complexity index is 689. The first-order chi connectivity index (χ1) is 9.88. The molecule has 0 atom stereocenters. The van der Waals surface area contributed by atoms with Gasteiger partial charge in [0.25, 0.3) is 0 Å². The molecule has 3 aromatic rings. The normalized spacial score (nSPS) is 11.1. The number of nitrogens with one attached hydrogen (secondary N) is 1. The number of hydrogen-bond acceptors (Lipinski definition) is 2. The fourth-order valence-electron chi connectivity index (χ4n) is 2.43. The molecule has 0 aliphatic heterocycles. The highest BCUT2D eigenvalue weighted by Crippen LogP contribution is 2.32. The van der Waals surface area contributed by atoms with Crippen LogP contribution in [-0.2, 0) is 12.2 Å². The molecule has 0 fully saturated rings. The van der Waals surface area contributed by atoms with Crippen LogP contribution < -0.4 is 5.73 Å². The van der Waals surface area contributed by atoms with Crippen LogP contribution in [0.15, 0.2) is 59.6 Å². The van der Waals surface area contributed by atoms with Crippen molar-refractivity contribution in [1.82, 2.24) is 4.98 Å². The maximum Gasteiger partial charge on any atom is 0.0468 e. The first-order valence-electron chi connectivity index (χ1n) is 6.84. The molecule has 3 heteroatoms. The summed E-state index contributed by atoms with van der Waals surface area (Å²) in [6, 6.07) is 17.0. The molecule has 0 amide bonds. The predicted octanol–water partition coefficient (Wildman–Crippen LogP) is 3.96. The SMILES string of the molecule is NCCc1c[nH]c2cccc(SCc3ccccc3)c12. The van der Waals surface area contributed by atoms with E-state index in [0.717, 1.165) is 12.2 Å². The van der Waals surface area contributed by atoms with E-state index < -0.39 is 0 Å². The molecule has 0 spiro atoms. The standard InChI is InChI=1S/C17H18N2S/c18-10-9-14-11-19-15-7-4-8-16(17(14)15)20-12-13-5-2-1-3-6-13/h1-8,11,19H,9-10,12,18H2. The molecular formula is C17H18N2S. The summed E-state index contributed by atoms with van der Waals surface area (Å²) in [5.41, 5.74) is 9.58. The van der Waals surface area contributed by atoms with Crippen LogP contribution in [0.25, 0.3) is 10.9 Å². The number of H-pyrrole nitrogens is 1. The van der Waals surface area contributed by atoms with Gasteiger partial charge in [0.05, 0.1) is 0 Å². The molecule has 0 aliphatic carbocycles. The molecule has 3 rings (SSSR count). The van der Waals surface area contributed by atoms with Crippen LogP contribution in [0.5, 0.6) is 0 Å². The highest BCUT2D eigenvalue weighted by atomic mass is 32.2. The van der Waals surface area contributed by atoms with Crippen LogP contribution in [-0.4, -0.2) is 11.5 Å². The van der Waals surface area contributed by atoms with E-state index in [9.17, 15) is 0 Å². The molecule has 0 unspecified atom stereocenters. The van der Waals surface area contributed by atoms with Crippen LogP contribution in [0.2, 0.25) is 0 Å². The van der Waals surface area contributed by atoms with Gasteiger partial charge >= 0.3 is 0 Å². The Hall–Kier alpha value is -1.71. The van der Waals surface area contributed by atoms with Gasteiger partial charge in [-0.2, -0.15) is 0 Å². The summed E-state index contributed by atoms with van der Waals surface area (Å²) in [7, 11) is 0. The van der Waals surface area contributed by atoms with Crippen molar-refractivity contribution in [3.05, 3.63) is 65.9 Å². The van der Waals surface area contributed by atoms with Crippen molar-refractivity contribution in [2.75, 3.05) is 6.54 Å². The van der Waals surface area contributed by atoms with Gasteiger partial charge in [-0.25, -0.2) is 0 Å². The summed E-state index contributed by atoms with van der Waals surface area (Å²) >= 11 is 1.89. The number of aromatic amines is 1. The van der Waals surface area contributed by atoms with E-state index in [2.05, 4.69) is 59.7 Å². The van der Waals surface area contributed by atoms with E-state index in [-0.39, 0.29) is 0 Å². The van der Waals surface area contributed by atoms with Gasteiger partial charge in [-0.15, -0.1) is 11.8 Å². The third-order valence-electron chi connectivity index (χ3n) is 3.40. The fourth-order valence-corrected chi connectivity index (χ4v) is 3.50. The van der Waals surface area contributed by atoms with E-state index in [1.54, 1.807) is 0 Å². The zero-order valence-corrected chi connectivity index (χ0v) is 12.1. The highest BCUT2D eigenvalue weighted by Gasteiger charge is 2.08. The second-order valence-electron chi connectivity index (χ2n) is 4.81. The summed E-state index contributed by atoms with van der Waals surface area (Å²) in [6.07, 6.45) is 3.01. The van der Waals surface area contributed by atoms with E-state index in [0.29, 0.717) is 6.54 Å². The lowest BCUT2D eigenvalue weighted by Gasteiger charge is -2.06. The number of benzene rings is 2. The second kappa shape index (κ2) is 6.16. The molecule has 20 heavy (non-hydrogen) atoms. The van der Waals surface area contributed by atoms with Crippen LogP contribution in [0.4, 0.5) is 0 Å². The van der Waals surface area contributed by atoms with Crippen molar-refractivity contribution in [1.29, 1.82) is 0 Å².